The van der Waals surface area contributed by atoms with Gasteiger partial charge >= 0.3 is 0 Å². The molecule has 1 aromatic rings. The molecule has 1 atom stereocenters. The standard InChI is InChI=1S/C16H25N3O3S/c1-13-6-5-9-19(11-13)12-16(20)17-14-7-4-8-15(10-14)23(21,22)18(2)3/h4,7-8,10,13H,5-6,9,11-12H2,1-3H3,(H,17,20). The van der Waals surface area contributed by atoms with Gasteiger partial charge < -0.3 is 5.32 Å². The SMILES string of the molecule is CC1CCCN(CC(=O)Nc2cccc(S(=O)(=O)N(C)C)c2)C1. The van der Waals surface area contributed by atoms with Crippen molar-refractivity contribution in [2.75, 3.05) is 39.0 Å². The normalized spacial score (nSPS) is 19.7. The highest BCUT2D eigenvalue weighted by Gasteiger charge is 2.20. The average Bonchev–Trinajstić information content (AvgIpc) is 2.47. The Morgan fingerprint density at radius 2 is 2.13 bits per heavy atom. The molecular weight excluding hydrogens is 314 g/mol. The highest BCUT2D eigenvalue weighted by molar-refractivity contribution is 7.89. The van der Waals surface area contributed by atoms with Crippen molar-refractivity contribution in [1.82, 2.24) is 9.21 Å². The first-order chi connectivity index (χ1) is 10.8. The van der Waals surface area contributed by atoms with Gasteiger partial charge in [-0.3, -0.25) is 9.69 Å². The van der Waals surface area contributed by atoms with Crippen LogP contribution in [0, 0.1) is 5.92 Å². The molecule has 1 aliphatic heterocycles. The van der Waals surface area contributed by atoms with E-state index in [0.29, 0.717) is 18.2 Å². The van der Waals surface area contributed by atoms with E-state index in [4.69, 9.17) is 0 Å². The van der Waals surface area contributed by atoms with E-state index in [-0.39, 0.29) is 10.8 Å². The lowest BCUT2D eigenvalue weighted by atomic mass is 10.0. The van der Waals surface area contributed by atoms with Gasteiger partial charge in [0, 0.05) is 26.3 Å². The van der Waals surface area contributed by atoms with E-state index >= 15 is 0 Å². The molecule has 1 fully saturated rings. The topological polar surface area (TPSA) is 69.7 Å². The zero-order chi connectivity index (χ0) is 17.0. The Morgan fingerprint density at radius 3 is 2.78 bits per heavy atom. The number of hydrogen-bond donors (Lipinski definition) is 1. The van der Waals surface area contributed by atoms with Gasteiger partial charge in [-0.15, -0.1) is 0 Å². The van der Waals surface area contributed by atoms with Crippen LogP contribution in [-0.4, -0.2) is 57.3 Å². The number of hydrogen-bond acceptors (Lipinski definition) is 4. The highest BCUT2D eigenvalue weighted by Crippen LogP contribution is 2.19. The number of carbonyl (C=O) groups excluding carboxylic acids is 1. The van der Waals surface area contributed by atoms with Crippen molar-refractivity contribution < 1.29 is 13.2 Å². The minimum absolute atomic E-state index is 0.112. The van der Waals surface area contributed by atoms with Gasteiger partial charge in [-0.25, -0.2) is 12.7 Å². The lowest BCUT2D eigenvalue weighted by Crippen LogP contribution is -2.39. The summed E-state index contributed by atoms with van der Waals surface area (Å²) in [6.07, 6.45) is 2.33. The molecular formula is C16H25N3O3S. The number of nitrogens with one attached hydrogen (secondary N) is 1. The van der Waals surface area contributed by atoms with Crippen molar-refractivity contribution in [2.24, 2.45) is 5.92 Å². The number of likely N-dealkylation sites (tertiary alicyclic amines) is 1. The number of piperidine rings is 1. The van der Waals surface area contributed by atoms with Gasteiger partial charge in [-0.05, 0) is 43.5 Å². The molecule has 1 saturated heterocycles. The van der Waals surface area contributed by atoms with E-state index in [1.165, 1.54) is 32.6 Å². The Balaban J connectivity index is 2.01. The second kappa shape index (κ2) is 7.42. The average molecular weight is 339 g/mol. The molecule has 1 N–H and O–H groups in total. The van der Waals surface area contributed by atoms with Crippen molar-refractivity contribution >= 4 is 21.6 Å². The van der Waals surface area contributed by atoms with E-state index in [1.807, 2.05) is 0 Å². The van der Waals surface area contributed by atoms with Crippen LogP contribution in [0.3, 0.4) is 0 Å². The molecule has 7 heteroatoms. The smallest absolute Gasteiger partial charge is 0.242 e. The van der Waals surface area contributed by atoms with Crippen LogP contribution in [0.1, 0.15) is 19.8 Å². The van der Waals surface area contributed by atoms with Gasteiger partial charge in [0.05, 0.1) is 11.4 Å². The van der Waals surface area contributed by atoms with Crippen LogP contribution in [0.5, 0.6) is 0 Å². The summed E-state index contributed by atoms with van der Waals surface area (Å²) >= 11 is 0. The van der Waals surface area contributed by atoms with Gasteiger partial charge in [0.2, 0.25) is 15.9 Å². The first-order valence-corrected chi connectivity index (χ1v) is 9.28. The fourth-order valence-corrected chi connectivity index (χ4v) is 3.73. The molecule has 0 aliphatic carbocycles. The molecule has 128 valence electrons. The molecule has 0 aromatic heterocycles. The summed E-state index contributed by atoms with van der Waals surface area (Å²) in [4.78, 5) is 14.5. The summed E-state index contributed by atoms with van der Waals surface area (Å²) in [6.45, 7) is 4.41. The zero-order valence-electron chi connectivity index (χ0n) is 13.9. The van der Waals surface area contributed by atoms with Gasteiger partial charge in [0.25, 0.3) is 0 Å². The van der Waals surface area contributed by atoms with Crippen LogP contribution in [-0.2, 0) is 14.8 Å². The lowest BCUT2D eigenvalue weighted by molar-refractivity contribution is -0.117. The maximum absolute atomic E-state index is 12.2. The molecule has 6 nitrogen and oxygen atoms in total. The van der Waals surface area contributed by atoms with Gasteiger partial charge in [-0.1, -0.05) is 13.0 Å². The molecule has 1 aromatic carbocycles. The van der Waals surface area contributed by atoms with Gasteiger partial charge in [0.1, 0.15) is 0 Å². The fourth-order valence-electron chi connectivity index (χ4n) is 2.78. The molecule has 0 spiro atoms. The maximum atomic E-state index is 12.2. The van der Waals surface area contributed by atoms with Crippen LogP contribution in [0.2, 0.25) is 0 Å². The molecule has 1 unspecified atom stereocenters. The molecule has 0 saturated carbocycles. The van der Waals surface area contributed by atoms with Gasteiger partial charge in [-0.2, -0.15) is 0 Å². The first kappa shape index (κ1) is 17.9. The Labute approximate surface area is 138 Å². The van der Waals surface area contributed by atoms with Crippen LogP contribution in [0.15, 0.2) is 29.2 Å². The molecule has 23 heavy (non-hydrogen) atoms. The number of sulfonamides is 1. The van der Waals surface area contributed by atoms with E-state index in [0.717, 1.165) is 23.8 Å². The predicted octanol–water partition coefficient (Wildman–Crippen LogP) is 1.61. The summed E-state index contributed by atoms with van der Waals surface area (Å²) in [6, 6.07) is 6.35. The number of anilines is 1. The van der Waals surface area contributed by atoms with Crippen LogP contribution >= 0.6 is 0 Å². The summed E-state index contributed by atoms with van der Waals surface area (Å²) in [5.74, 6) is 0.503. The largest absolute Gasteiger partial charge is 0.325 e. The Bertz CT molecular complexity index is 658. The van der Waals surface area contributed by atoms with Crippen LogP contribution < -0.4 is 5.32 Å². The van der Waals surface area contributed by atoms with Crippen molar-refractivity contribution in [2.45, 2.75) is 24.7 Å². The van der Waals surface area contributed by atoms with E-state index in [9.17, 15) is 13.2 Å². The van der Waals surface area contributed by atoms with Crippen molar-refractivity contribution in [1.29, 1.82) is 0 Å². The van der Waals surface area contributed by atoms with Crippen LogP contribution in [0.4, 0.5) is 5.69 Å². The van der Waals surface area contributed by atoms with E-state index < -0.39 is 10.0 Å². The van der Waals surface area contributed by atoms with Crippen LogP contribution in [0.25, 0.3) is 0 Å². The second-order valence-corrected chi connectivity index (χ2v) is 8.50. The quantitative estimate of drug-likeness (QED) is 0.885. The highest BCUT2D eigenvalue weighted by atomic mass is 32.2. The molecule has 0 radical (unpaired) electrons. The maximum Gasteiger partial charge on any atom is 0.242 e. The Kier molecular flexibility index (Phi) is 5.78. The van der Waals surface area contributed by atoms with Gasteiger partial charge in [0.15, 0.2) is 0 Å². The van der Waals surface area contributed by atoms with Crippen molar-refractivity contribution in [3.05, 3.63) is 24.3 Å². The number of rotatable bonds is 5. The van der Waals surface area contributed by atoms with Crippen molar-refractivity contribution in [3.63, 3.8) is 0 Å². The third kappa shape index (κ3) is 4.76. The number of amides is 1. The molecule has 2 rings (SSSR count). The molecule has 1 amide bonds. The summed E-state index contributed by atoms with van der Waals surface area (Å²) in [5.41, 5.74) is 0.503. The third-order valence-electron chi connectivity index (χ3n) is 4.00. The third-order valence-corrected chi connectivity index (χ3v) is 5.82. The predicted molar refractivity (Wildman–Crippen MR) is 90.8 cm³/mol. The second-order valence-electron chi connectivity index (χ2n) is 6.35. The Hall–Kier alpha value is -1.44. The van der Waals surface area contributed by atoms with Crippen molar-refractivity contribution in [3.8, 4) is 0 Å². The zero-order valence-corrected chi connectivity index (χ0v) is 14.8. The van der Waals surface area contributed by atoms with E-state index in [2.05, 4.69) is 17.1 Å². The monoisotopic (exact) mass is 339 g/mol. The fraction of sp³-hybridized carbons (Fsp3) is 0.562. The first-order valence-electron chi connectivity index (χ1n) is 7.84. The molecule has 1 aliphatic rings. The number of carbonyl (C=O) groups is 1. The minimum atomic E-state index is -3.50. The number of benzene rings is 1. The molecule has 0 bridgehead atoms. The molecule has 1 heterocycles. The van der Waals surface area contributed by atoms with E-state index in [1.54, 1.807) is 12.1 Å². The summed E-state index contributed by atoms with van der Waals surface area (Å²) in [5, 5.41) is 2.79. The lowest BCUT2D eigenvalue weighted by Gasteiger charge is -2.30. The minimum Gasteiger partial charge on any atom is -0.325 e. The summed E-state index contributed by atoms with van der Waals surface area (Å²) in [7, 11) is -0.530. The number of nitrogens with zero attached hydrogens (tertiary/aromatic N) is 2. The summed E-state index contributed by atoms with van der Waals surface area (Å²) < 4.78 is 25.4. The Morgan fingerprint density at radius 1 is 1.39 bits per heavy atom.